The van der Waals surface area contributed by atoms with Crippen LogP contribution in [-0.4, -0.2) is 70.6 Å². The molecule has 4 N–H and O–H groups in total. The quantitative estimate of drug-likeness (QED) is 0.245. The number of ether oxygens (including phenoxy) is 3. The van der Waals surface area contributed by atoms with Gasteiger partial charge in [-0.25, -0.2) is 4.79 Å². The summed E-state index contributed by atoms with van der Waals surface area (Å²) < 4.78 is 23.2. The van der Waals surface area contributed by atoms with E-state index in [1.807, 2.05) is 6.07 Å². The van der Waals surface area contributed by atoms with Crippen molar-refractivity contribution >= 4 is 23.0 Å². The van der Waals surface area contributed by atoms with E-state index in [0.29, 0.717) is 5.56 Å². The first-order chi connectivity index (χ1) is 18.6. The number of fused-ring (bicyclic) bond motifs is 1. The largest absolute Gasteiger partial charge is 0.496 e. The summed E-state index contributed by atoms with van der Waals surface area (Å²) in [6.07, 6.45) is -5.31. The third-order valence-electron chi connectivity index (χ3n) is 6.58. The third kappa shape index (κ3) is 6.05. The molecule has 1 aliphatic rings. The first-order valence-corrected chi connectivity index (χ1v) is 12.5. The van der Waals surface area contributed by atoms with Gasteiger partial charge in [0.15, 0.2) is 11.5 Å². The zero-order valence-electron chi connectivity index (χ0n) is 21.8. The molecule has 0 spiro atoms. The van der Waals surface area contributed by atoms with E-state index in [0.717, 1.165) is 5.56 Å². The van der Waals surface area contributed by atoms with E-state index in [9.17, 15) is 30.0 Å². The number of aliphatic hydroxyl groups is 4. The van der Waals surface area contributed by atoms with Crippen LogP contribution in [0.4, 0.5) is 0 Å². The molecule has 0 unspecified atom stereocenters. The average molecular weight is 541 g/mol. The molecule has 1 fully saturated rings. The molecule has 6 atom stereocenters. The van der Waals surface area contributed by atoms with Crippen LogP contribution in [0.25, 0.3) is 17.0 Å². The normalized spacial score (nSPS) is 24.1. The second-order valence-electron chi connectivity index (χ2n) is 9.55. The summed E-state index contributed by atoms with van der Waals surface area (Å²) in [4.78, 5) is 25.9. The molecule has 2 aromatic carbocycles. The van der Waals surface area contributed by atoms with Crippen molar-refractivity contribution in [2.75, 3.05) is 13.7 Å². The van der Waals surface area contributed by atoms with Crippen molar-refractivity contribution in [3.63, 3.8) is 0 Å². The van der Waals surface area contributed by atoms with Gasteiger partial charge >= 0.3 is 5.97 Å². The lowest BCUT2D eigenvalue weighted by Crippen LogP contribution is -2.56. The van der Waals surface area contributed by atoms with Crippen LogP contribution >= 0.6 is 0 Å². The SMILES string of the molecule is COc1cc(C)c2c(=O)cc(C[C@H](C)O)oc2c1[C@@H]1O[C@H](CO)[C@@H](O)[C@H](O)[C@H]1OC(=O)/C=C/c1ccccc1. The number of hydrogen-bond acceptors (Lipinski definition) is 10. The highest BCUT2D eigenvalue weighted by atomic mass is 16.6. The fourth-order valence-corrected chi connectivity index (χ4v) is 4.75. The maximum Gasteiger partial charge on any atom is 0.331 e. The maximum absolute atomic E-state index is 13.1. The highest BCUT2D eigenvalue weighted by molar-refractivity contribution is 5.88. The van der Waals surface area contributed by atoms with Gasteiger partial charge in [-0.3, -0.25) is 4.79 Å². The molecule has 2 heterocycles. The summed E-state index contributed by atoms with van der Waals surface area (Å²) in [5, 5.41) is 41.5. The lowest BCUT2D eigenvalue weighted by atomic mass is 9.89. The van der Waals surface area contributed by atoms with E-state index in [2.05, 4.69) is 0 Å². The molecule has 0 amide bonds. The van der Waals surface area contributed by atoms with Gasteiger partial charge < -0.3 is 39.1 Å². The first kappa shape index (κ1) is 28.5. The molecule has 0 bridgehead atoms. The Morgan fingerprint density at radius 1 is 1.15 bits per heavy atom. The molecule has 3 aromatic rings. The van der Waals surface area contributed by atoms with Crippen LogP contribution in [0.1, 0.15) is 35.5 Å². The summed E-state index contributed by atoms with van der Waals surface area (Å²) in [6, 6.07) is 11.9. The minimum absolute atomic E-state index is 0.0513. The highest BCUT2D eigenvalue weighted by Crippen LogP contribution is 2.43. The standard InChI is InChI=1S/C29H32O10/c1-15-11-20(36-3)24(27-23(15)19(32)13-18(37-27)12-16(2)31)28-29(26(35)25(34)21(14-30)38-28)39-22(33)10-9-17-7-5-4-6-8-17/h4-11,13,16,21,25-26,28-31,34-35H,12,14H2,1-3H3/b10-9+/t16-,21+,25+,26-,28-,29+/m0/s1. The first-order valence-electron chi connectivity index (χ1n) is 12.5. The fourth-order valence-electron chi connectivity index (χ4n) is 4.75. The Kier molecular flexibility index (Phi) is 8.83. The lowest BCUT2D eigenvalue weighted by molar-refractivity contribution is -0.239. The topological polar surface area (TPSA) is 156 Å². The Labute approximate surface area is 224 Å². The van der Waals surface area contributed by atoms with Crippen molar-refractivity contribution in [1.82, 2.24) is 0 Å². The van der Waals surface area contributed by atoms with Gasteiger partial charge in [0.05, 0.1) is 30.8 Å². The monoisotopic (exact) mass is 540 g/mol. The summed E-state index contributed by atoms with van der Waals surface area (Å²) in [7, 11) is 1.39. The van der Waals surface area contributed by atoms with E-state index in [-0.39, 0.29) is 39.9 Å². The van der Waals surface area contributed by atoms with Gasteiger partial charge in [-0.15, -0.1) is 0 Å². The molecule has 1 aromatic heterocycles. The number of methoxy groups -OCH3 is 1. The van der Waals surface area contributed by atoms with Crippen LogP contribution in [0.3, 0.4) is 0 Å². The molecule has 10 nitrogen and oxygen atoms in total. The number of aliphatic hydroxyl groups excluding tert-OH is 4. The van der Waals surface area contributed by atoms with Crippen LogP contribution in [-0.2, 0) is 20.7 Å². The fraction of sp³-hybridized carbons (Fsp3) is 0.379. The zero-order valence-corrected chi connectivity index (χ0v) is 21.8. The summed E-state index contributed by atoms with van der Waals surface area (Å²) in [5.74, 6) is -0.410. The summed E-state index contributed by atoms with van der Waals surface area (Å²) >= 11 is 0. The van der Waals surface area contributed by atoms with E-state index in [1.54, 1.807) is 44.2 Å². The van der Waals surface area contributed by atoms with Gasteiger partial charge in [0.25, 0.3) is 0 Å². The Morgan fingerprint density at radius 2 is 1.87 bits per heavy atom. The lowest BCUT2D eigenvalue weighted by Gasteiger charge is -2.42. The molecule has 1 saturated heterocycles. The molecule has 0 aliphatic carbocycles. The van der Waals surface area contributed by atoms with E-state index >= 15 is 0 Å². The van der Waals surface area contributed by atoms with Crippen LogP contribution in [0, 0.1) is 6.92 Å². The van der Waals surface area contributed by atoms with Crippen LogP contribution in [0.15, 0.2) is 57.8 Å². The predicted molar refractivity (Wildman–Crippen MR) is 141 cm³/mol. The summed E-state index contributed by atoms with van der Waals surface area (Å²) in [6.45, 7) is 2.60. The number of benzene rings is 2. The minimum Gasteiger partial charge on any atom is -0.496 e. The molecule has 208 valence electrons. The van der Waals surface area contributed by atoms with Gasteiger partial charge in [-0.05, 0) is 37.1 Å². The molecule has 10 heteroatoms. The zero-order chi connectivity index (χ0) is 28.3. The number of esters is 1. The van der Waals surface area contributed by atoms with Crippen molar-refractivity contribution in [2.45, 2.75) is 56.9 Å². The van der Waals surface area contributed by atoms with E-state index in [4.69, 9.17) is 18.6 Å². The van der Waals surface area contributed by atoms with Crippen LogP contribution < -0.4 is 10.2 Å². The molecule has 39 heavy (non-hydrogen) atoms. The summed E-state index contributed by atoms with van der Waals surface area (Å²) in [5.41, 5.74) is 1.11. The second-order valence-corrected chi connectivity index (χ2v) is 9.55. The van der Waals surface area contributed by atoms with Gasteiger partial charge in [0.1, 0.15) is 41.5 Å². The number of carbonyl (C=O) groups excluding carboxylic acids is 1. The van der Waals surface area contributed by atoms with Crippen molar-refractivity contribution in [2.24, 2.45) is 0 Å². The minimum atomic E-state index is -1.66. The van der Waals surface area contributed by atoms with Gasteiger partial charge in [0.2, 0.25) is 0 Å². The number of aryl methyl sites for hydroxylation is 1. The van der Waals surface area contributed by atoms with Crippen molar-refractivity contribution in [1.29, 1.82) is 0 Å². The van der Waals surface area contributed by atoms with E-state index < -0.39 is 49.2 Å². The Morgan fingerprint density at radius 3 is 2.51 bits per heavy atom. The van der Waals surface area contributed by atoms with E-state index in [1.165, 1.54) is 25.3 Å². The molecular weight excluding hydrogens is 508 g/mol. The van der Waals surface area contributed by atoms with Gasteiger partial charge in [-0.1, -0.05) is 30.3 Å². The average Bonchev–Trinajstić information content (AvgIpc) is 2.90. The molecule has 4 rings (SSSR count). The second kappa shape index (κ2) is 12.1. The van der Waals surface area contributed by atoms with Gasteiger partial charge in [-0.2, -0.15) is 0 Å². The molecule has 0 saturated carbocycles. The molecule has 0 radical (unpaired) electrons. The van der Waals surface area contributed by atoms with Crippen molar-refractivity contribution in [3.05, 3.63) is 81.2 Å². The number of carbonyl (C=O) groups is 1. The predicted octanol–water partition coefficient (Wildman–Crippen LogP) is 1.81. The van der Waals surface area contributed by atoms with Crippen LogP contribution in [0.2, 0.25) is 0 Å². The number of hydrogen-bond donors (Lipinski definition) is 4. The number of rotatable bonds is 8. The Balaban J connectivity index is 1.84. The Hall–Kier alpha value is -3.54. The Bertz CT molecular complexity index is 1390. The third-order valence-corrected chi connectivity index (χ3v) is 6.58. The van der Waals surface area contributed by atoms with Gasteiger partial charge in [0, 0.05) is 18.6 Å². The van der Waals surface area contributed by atoms with Crippen molar-refractivity contribution in [3.8, 4) is 5.75 Å². The maximum atomic E-state index is 13.1. The van der Waals surface area contributed by atoms with Crippen LogP contribution in [0.5, 0.6) is 5.75 Å². The van der Waals surface area contributed by atoms with Crippen molar-refractivity contribution < 1.29 is 43.8 Å². The smallest absolute Gasteiger partial charge is 0.331 e. The molecule has 1 aliphatic heterocycles. The molecular formula is C29H32O10. The highest BCUT2D eigenvalue weighted by Gasteiger charge is 2.49.